The maximum atomic E-state index is 12.0. The van der Waals surface area contributed by atoms with Gasteiger partial charge in [-0.2, -0.15) is 0 Å². The van der Waals surface area contributed by atoms with Crippen LogP contribution in [0.1, 0.15) is 27.9 Å². The summed E-state index contributed by atoms with van der Waals surface area (Å²) in [5, 5.41) is 7.97. The molecule has 0 unspecified atom stereocenters. The van der Waals surface area contributed by atoms with Crippen LogP contribution in [0.5, 0.6) is 0 Å². The van der Waals surface area contributed by atoms with Gasteiger partial charge in [-0.05, 0) is 29.7 Å². The summed E-state index contributed by atoms with van der Waals surface area (Å²) < 4.78 is 0. The van der Waals surface area contributed by atoms with Crippen LogP contribution in [0.3, 0.4) is 0 Å². The van der Waals surface area contributed by atoms with Crippen LogP contribution in [0.2, 0.25) is 0 Å². The highest BCUT2D eigenvalue weighted by Gasteiger charge is 2.08. The number of rotatable bonds is 10. The Kier molecular flexibility index (Phi) is 8.68. The van der Waals surface area contributed by atoms with Gasteiger partial charge in [0.15, 0.2) is 0 Å². The summed E-state index contributed by atoms with van der Waals surface area (Å²) >= 11 is 0. The molecule has 0 fully saturated rings. The van der Waals surface area contributed by atoms with Gasteiger partial charge in [0.25, 0.3) is 5.91 Å². The highest BCUT2D eigenvalue weighted by molar-refractivity contribution is 5.96. The van der Waals surface area contributed by atoms with Crippen molar-refractivity contribution in [1.29, 1.82) is 0 Å². The first-order valence-electron chi connectivity index (χ1n) is 9.23. The fourth-order valence-electron chi connectivity index (χ4n) is 2.51. The summed E-state index contributed by atoms with van der Waals surface area (Å²) in [6, 6.07) is 16.7. The van der Waals surface area contributed by atoms with E-state index in [0.29, 0.717) is 38.0 Å². The zero-order valence-corrected chi connectivity index (χ0v) is 15.7. The first kappa shape index (κ1) is 21.1. The van der Waals surface area contributed by atoms with Crippen LogP contribution in [0.25, 0.3) is 0 Å². The minimum atomic E-state index is -0.326. The highest BCUT2D eigenvalue weighted by atomic mass is 16.2. The lowest BCUT2D eigenvalue weighted by Gasteiger charge is -2.08. The Labute approximate surface area is 164 Å². The van der Waals surface area contributed by atoms with E-state index in [0.717, 1.165) is 11.1 Å². The molecule has 0 radical (unpaired) electrons. The van der Waals surface area contributed by atoms with Gasteiger partial charge in [-0.1, -0.05) is 42.5 Å². The van der Waals surface area contributed by atoms with E-state index in [4.69, 9.17) is 5.73 Å². The van der Waals surface area contributed by atoms with E-state index in [2.05, 4.69) is 16.0 Å². The third kappa shape index (κ3) is 7.59. The first-order valence-corrected chi connectivity index (χ1v) is 9.23. The predicted octanol–water partition coefficient (Wildman–Crippen LogP) is 0.740. The molecule has 0 aliphatic carbocycles. The summed E-state index contributed by atoms with van der Waals surface area (Å²) in [7, 11) is 0. The minimum absolute atomic E-state index is 0.0627. The van der Waals surface area contributed by atoms with Crippen LogP contribution in [-0.2, 0) is 22.6 Å². The van der Waals surface area contributed by atoms with Crippen LogP contribution in [0.15, 0.2) is 54.6 Å². The third-order valence-electron chi connectivity index (χ3n) is 4.11. The average molecular weight is 382 g/mol. The van der Waals surface area contributed by atoms with Crippen LogP contribution in [-0.4, -0.2) is 37.4 Å². The molecule has 0 aliphatic heterocycles. The zero-order chi connectivity index (χ0) is 20.2. The SMILES string of the molecule is NCc1ccc(C(=O)NCC(=O)NCCNC(=O)CCc2ccccc2)cc1. The van der Waals surface area contributed by atoms with E-state index < -0.39 is 0 Å². The number of carbonyl (C=O) groups excluding carboxylic acids is 3. The lowest BCUT2D eigenvalue weighted by atomic mass is 10.1. The second kappa shape index (κ2) is 11.5. The van der Waals surface area contributed by atoms with Gasteiger partial charge >= 0.3 is 0 Å². The minimum Gasteiger partial charge on any atom is -0.354 e. The normalized spacial score (nSPS) is 10.2. The quantitative estimate of drug-likeness (QED) is 0.454. The molecular weight excluding hydrogens is 356 g/mol. The van der Waals surface area contributed by atoms with Crippen LogP contribution in [0, 0.1) is 0 Å². The summed E-state index contributed by atoms with van der Waals surface area (Å²) in [6.07, 6.45) is 1.08. The number of nitrogens with two attached hydrogens (primary N) is 1. The highest BCUT2D eigenvalue weighted by Crippen LogP contribution is 2.03. The largest absolute Gasteiger partial charge is 0.354 e. The number of hydrogen-bond donors (Lipinski definition) is 4. The number of carbonyl (C=O) groups is 3. The second-order valence-electron chi connectivity index (χ2n) is 6.27. The molecule has 0 bridgehead atoms. The van der Waals surface area contributed by atoms with Crippen molar-refractivity contribution in [3.05, 3.63) is 71.3 Å². The van der Waals surface area contributed by atoms with Crippen molar-refractivity contribution in [2.75, 3.05) is 19.6 Å². The molecule has 2 rings (SSSR count). The van der Waals surface area contributed by atoms with Crippen LogP contribution in [0.4, 0.5) is 0 Å². The Morgan fingerprint density at radius 3 is 2.04 bits per heavy atom. The van der Waals surface area contributed by atoms with Crippen molar-refractivity contribution in [1.82, 2.24) is 16.0 Å². The molecule has 0 saturated heterocycles. The zero-order valence-electron chi connectivity index (χ0n) is 15.7. The summed E-state index contributed by atoms with van der Waals surface area (Å²) in [6.45, 7) is 0.928. The molecule has 0 spiro atoms. The van der Waals surface area contributed by atoms with Crippen molar-refractivity contribution in [2.45, 2.75) is 19.4 Å². The van der Waals surface area contributed by atoms with Gasteiger partial charge in [0.05, 0.1) is 6.54 Å². The summed E-state index contributed by atoms with van der Waals surface area (Å²) in [4.78, 5) is 35.5. The number of aryl methyl sites for hydroxylation is 1. The third-order valence-corrected chi connectivity index (χ3v) is 4.11. The lowest BCUT2D eigenvalue weighted by molar-refractivity contribution is -0.122. The number of nitrogens with one attached hydrogen (secondary N) is 3. The standard InChI is InChI=1S/C21H26N4O3/c22-14-17-6-9-18(10-7-17)21(28)25-15-20(27)24-13-12-23-19(26)11-8-16-4-2-1-3-5-16/h1-7,9-10H,8,11-15,22H2,(H,23,26)(H,24,27)(H,25,28). The van der Waals surface area contributed by atoms with Gasteiger partial charge in [-0.15, -0.1) is 0 Å². The Hall–Kier alpha value is -3.19. The molecule has 0 saturated carbocycles. The van der Waals surface area contributed by atoms with Crippen molar-refractivity contribution in [2.24, 2.45) is 5.73 Å². The van der Waals surface area contributed by atoms with Crippen LogP contribution >= 0.6 is 0 Å². The van der Waals surface area contributed by atoms with Gasteiger partial charge < -0.3 is 21.7 Å². The molecule has 148 valence electrons. The maximum absolute atomic E-state index is 12.0. The van der Waals surface area contributed by atoms with Crippen LogP contribution < -0.4 is 21.7 Å². The van der Waals surface area contributed by atoms with Crippen molar-refractivity contribution < 1.29 is 14.4 Å². The molecule has 3 amide bonds. The van der Waals surface area contributed by atoms with Gasteiger partial charge in [-0.25, -0.2) is 0 Å². The number of benzene rings is 2. The van der Waals surface area contributed by atoms with Crippen molar-refractivity contribution in [3.8, 4) is 0 Å². The van der Waals surface area contributed by atoms with E-state index in [9.17, 15) is 14.4 Å². The molecule has 0 heterocycles. The first-order chi connectivity index (χ1) is 13.6. The van der Waals surface area contributed by atoms with Gasteiger partial charge in [0.1, 0.15) is 0 Å². The molecule has 28 heavy (non-hydrogen) atoms. The van der Waals surface area contributed by atoms with Gasteiger partial charge in [-0.3, -0.25) is 14.4 Å². The maximum Gasteiger partial charge on any atom is 0.251 e. The molecule has 5 N–H and O–H groups in total. The Morgan fingerprint density at radius 2 is 1.39 bits per heavy atom. The summed E-state index contributed by atoms with van der Waals surface area (Å²) in [5.41, 5.74) is 8.02. The molecular formula is C21H26N4O3. The van der Waals surface area contributed by atoms with Gasteiger partial charge in [0.2, 0.25) is 11.8 Å². The van der Waals surface area contributed by atoms with E-state index in [1.807, 2.05) is 30.3 Å². The van der Waals surface area contributed by atoms with E-state index >= 15 is 0 Å². The molecule has 7 nitrogen and oxygen atoms in total. The smallest absolute Gasteiger partial charge is 0.251 e. The molecule has 2 aromatic rings. The molecule has 0 aliphatic rings. The van der Waals surface area contributed by atoms with Crippen molar-refractivity contribution in [3.63, 3.8) is 0 Å². The van der Waals surface area contributed by atoms with E-state index in [-0.39, 0.29) is 24.3 Å². The van der Waals surface area contributed by atoms with E-state index in [1.165, 1.54) is 0 Å². The Bertz CT molecular complexity index is 776. The molecule has 0 aromatic heterocycles. The number of amides is 3. The fourth-order valence-corrected chi connectivity index (χ4v) is 2.51. The van der Waals surface area contributed by atoms with Crippen molar-refractivity contribution >= 4 is 17.7 Å². The molecule has 2 aromatic carbocycles. The lowest BCUT2D eigenvalue weighted by Crippen LogP contribution is -2.40. The predicted molar refractivity (Wildman–Crippen MR) is 107 cm³/mol. The molecule has 0 atom stereocenters. The van der Waals surface area contributed by atoms with E-state index in [1.54, 1.807) is 24.3 Å². The average Bonchev–Trinajstić information content (AvgIpc) is 2.74. The number of hydrogen-bond acceptors (Lipinski definition) is 4. The Balaban J connectivity index is 1.56. The topological polar surface area (TPSA) is 113 Å². The molecule has 7 heteroatoms. The monoisotopic (exact) mass is 382 g/mol. The fraction of sp³-hybridized carbons (Fsp3) is 0.286. The van der Waals surface area contributed by atoms with Gasteiger partial charge in [0, 0.05) is 31.6 Å². The summed E-state index contributed by atoms with van der Waals surface area (Å²) in [5.74, 6) is -0.703. The second-order valence-corrected chi connectivity index (χ2v) is 6.27. The Morgan fingerprint density at radius 1 is 0.750 bits per heavy atom.